The van der Waals surface area contributed by atoms with Crippen molar-refractivity contribution in [2.24, 2.45) is 7.05 Å². The number of carbonyl (C=O) groups excluding carboxylic acids is 2. The summed E-state index contributed by atoms with van der Waals surface area (Å²) in [5.74, 6) is -1.39. The van der Waals surface area contributed by atoms with Crippen molar-refractivity contribution in [2.75, 3.05) is 5.75 Å². The van der Waals surface area contributed by atoms with E-state index in [0.717, 1.165) is 0 Å². The van der Waals surface area contributed by atoms with Crippen molar-refractivity contribution in [3.8, 4) is 0 Å². The summed E-state index contributed by atoms with van der Waals surface area (Å²) >= 11 is 1.45. The molecule has 3 rings (SSSR count). The van der Waals surface area contributed by atoms with E-state index in [-0.39, 0.29) is 11.1 Å². The minimum Gasteiger partial charge on any atom is -0.477 e. The Morgan fingerprint density at radius 2 is 2.13 bits per heavy atom. The molecule has 2 aliphatic rings. The molecule has 9 heteroatoms. The number of hydrogen-bond donors (Lipinski definition) is 2. The van der Waals surface area contributed by atoms with Crippen LogP contribution in [0, 0.1) is 6.92 Å². The molecule has 2 unspecified atom stereocenters. The number of carboxylic acid groups (broad SMARTS) is 1. The molecule has 0 saturated carbocycles. The molecule has 0 bridgehead atoms. The van der Waals surface area contributed by atoms with Crippen LogP contribution in [0.15, 0.2) is 17.3 Å². The van der Waals surface area contributed by atoms with E-state index in [0.29, 0.717) is 22.7 Å². The lowest BCUT2D eigenvalue weighted by Gasteiger charge is -2.49. The molecule has 0 aromatic carbocycles. The molecule has 8 nitrogen and oxygen atoms in total. The SMILES string of the molecule is CC1=C(C(=O)O)N2C(=O)C(NC(=O)c3cc(C)nn3C)C2SC1. The Morgan fingerprint density at radius 3 is 2.70 bits per heavy atom. The maximum absolute atomic E-state index is 12.3. The molecule has 122 valence electrons. The number of nitrogens with zero attached hydrogens (tertiary/aromatic N) is 3. The molecule has 1 aromatic heterocycles. The van der Waals surface area contributed by atoms with Gasteiger partial charge < -0.3 is 10.4 Å². The van der Waals surface area contributed by atoms with Crippen LogP contribution in [0.5, 0.6) is 0 Å². The topological polar surface area (TPSA) is 105 Å². The van der Waals surface area contributed by atoms with Gasteiger partial charge in [0.25, 0.3) is 11.8 Å². The highest BCUT2D eigenvalue weighted by Gasteiger charge is 2.53. The number of aromatic nitrogens is 2. The number of β-lactam (4-membered cyclic amide) rings is 1. The van der Waals surface area contributed by atoms with E-state index >= 15 is 0 Å². The van der Waals surface area contributed by atoms with Gasteiger partial charge in [0, 0.05) is 12.8 Å². The molecule has 2 atom stereocenters. The van der Waals surface area contributed by atoms with Crippen molar-refractivity contribution in [2.45, 2.75) is 25.3 Å². The molecule has 2 amide bonds. The number of thioether (sulfide) groups is 1. The third kappa shape index (κ3) is 2.40. The smallest absolute Gasteiger partial charge is 0.352 e. The molecule has 3 heterocycles. The fraction of sp³-hybridized carbons (Fsp3) is 0.429. The van der Waals surface area contributed by atoms with E-state index in [9.17, 15) is 19.5 Å². The number of amides is 2. The second-order valence-corrected chi connectivity index (χ2v) is 6.69. The monoisotopic (exact) mass is 336 g/mol. The van der Waals surface area contributed by atoms with E-state index in [2.05, 4.69) is 10.4 Å². The molecular formula is C14H16N4O4S. The molecule has 1 fully saturated rings. The Morgan fingerprint density at radius 1 is 1.43 bits per heavy atom. The number of aryl methyl sites for hydroxylation is 2. The van der Waals surface area contributed by atoms with Gasteiger partial charge in [0.2, 0.25) is 0 Å². The first-order chi connectivity index (χ1) is 10.8. The second-order valence-electron chi connectivity index (χ2n) is 5.59. The van der Waals surface area contributed by atoms with E-state index < -0.39 is 23.8 Å². The average molecular weight is 336 g/mol. The first kappa shape index (κ1) is 15.6. The van der Waals surface area contributed by atoms with E-state index in [1.165, 1.54) is 21.3 Å². The zero-order chi connectivity index (χ0) is 16.9. The summed E-state index contributed by atoms with van der Waals surface area (Å²) in [5.41, 5.74) is 1.75. The first-order valence-electron chi connectivity index (χ1n) is 7.00. The normalized spacial score (nSPS) is 23.4. The highest BCUT2D eigenvalue weighted by Crippen LogP contribution is 2.40. The molecule has 23 heavy (non-hydrogen) atoms. The molecule has 2 aliphatic heterocycles. The molecule has 0 aliphatic carbocycles. The molecule has 2 N–H and O–H groups in total. The zero-order valence-corrected chi connectivity index (χ0v) is 13.7. The van der Waals surface area contributed by atoms with E-state index in [1.54, 1.807) is 27.0 Å². The first-order valence-corrected chi connectivity index (χ1v) is 8.05. The van der Waals surface area contributed by atoms with Crippen LogP contribution < -0.4 is 5.32 Å². The summed E-state index contributed by atoms with van der Waals surface area (Å²) < 4.78 is 1.45. The van der Waals surface area contributed by atoms with Crippen LogP contribution in [-0.4, -0.2) is 54.7 Å². The van der Waals surface area contributed by atoms with Crippen molar-refractivity contribution in [1.82, 2.24) is 20.0 Å². The maximum Gasteiger partial charge on any atom is 0.352 e. The van der Waals surface area contributed by atoms with Gasteiger partial charge in [-0.2, -0.15) is 5.10 Å². The summed E-state index contributed by atoms with van der Waals surface area (Å²) in [6.07, 6.45) is 0. The van der Waals surface area contributed by atoms with Gasteiger partial charge in [0.1, 0.15) is 22.8 Å². The van der Waals surface area contributed by atoms with Gasteiger partial charge in [-0.15, -0.1) is 11.8 Å². The van der Waals surface area contributed by atoms with Crippen molar-refractivity contribution in [3.05, 3.63) is 28.7 Å². The number of fused-ring (bicyclic) bond motifs is 1. The van der Waals surface area contributed by atoms with Crippen LogP contribution in [-0.2, 0) is 16.6 Å². The number of nitrogens with one attached hydrogen (secondary N) is 1. The van der Waals surface area contributed by atoms with Crippen molar-refractivity contribution in [3.63, 3.8) is 0 Å². The van der Waals surface area contributed by atoms with Gasteiger partial charge in [-0.05, 0) is 25.5 Å². The van der Waals surface area contributed by atoms with E-state index in [4.69, 9.17) is 0 Å². The lowest BCUT2D eigenvalue weighted by molar-refractivity contribution is -0.148. The number of carbonyl (C=O) groups is 3. The van der Waals surface area contributed by atoms with Gasteiger partial charge in [-0.3, -0.25) is 19.2 Å². The quantitative estimate of drug-likeness (QED) is 0.759. The lowest BCUT2D eigenvalue weighted by atomic mass is 10.0. The fourth-order valence-corrected chi connectivity index (χ4v) is 4.11. The molecule has 0 spiro atoms. The Balaban J connectivity index is 1.78. The number of carboxylic acids is 1. The van der Waals surface area contributed by atoms with Crippen molar-refractivity contribution < 1.29 is 19.5 Å². The van der Waals surface area contributed by atoms with Gasteiger partial charge in [0.05, 0.1) is 5.69 Å². The van der Waals surface area contributed by atoms with Gasteiger partial charge in [0.15, 0.2) is 0 Å². The third-order valence-corrected chi connectivity index (χ3v) is 5.31. The van der Waals surface area contributed by atoms with Gasteiger partial charge in [-0.1, -0.05) is 0 Å². The summed E-state index contributed by atoms with van der Waals surface area (Å²) in [5, 5.41) is 15.7. The maximum atomic E-state index is 12.3. The number of rotatable bonds is 3. The molecule has 1 aromatic rings. The van der Waals surface area contributed by atoms with Crippen LogP contribution >= 0.6 is 11.8 Å². The van der Waals surface area contributed by atoms with Gasteiger partial charge >= 0.3 is 5.97 Å². The van der Waals surface area contributed by atoms with Crippen LogP contribution in [0.3, 0.4) is 0 Å². The minimum atomic E-state index is -1.12. The van der Waals surface area contributed by atoms with Crippen LogP contribution in [0.4, 0.5) is 0 Å². The van der Waals surface area contributed by atoms with Crippen LogP contribution in [0.2, 0.25) is 0 Å². The van der Waals surface area contributed by atoms with Crippen LogP contribution in [0.1, 0.15) is 23.1 Å². The Labute approximate surface area is 136 Å². The standard InChI is InChI=1S/C14H16N4O4S/c1-6-5-23-13-9(12(20)18(13)10(6)14(21)22)15-11(19)8-4-7(2)16-17(8)3/h4,9,13H,5H2,1-3H3,(H,15,19)(H,21,22). The Kier molecular flexibility index (Phi) is 3.67. The van der Waals surface area contributed by atoms with Crippen molar-refractivity contribution in [1.29, 1.82) is 0 Å². The zero-order valence-electron chi connectivity index (χ0n) is 12.9. The summed E-state index contributed by atoms with van der Waals surface area (Å²) in [6, 6.07) is 0.918. The number of aliphatic carboxylic acids is 1. The average Bonchev–Trinajstić information content (AvgIpc) is 2.82. The highest BCUT2D eigenvalue weighted by molar-refractivity contribution is 8.00. The minimum absolute atomic E-state index is 0.0284. The van der Waals surface area contributed by atoms with E-state index in [1.807, 2.05) is 0 Å². The van der Waals surface area contributed by atoms with Crippen LogP contribution in [0.25, 0.3) is 0 Å². The second kappa shape index (κ2) is 5.41. The largest absolute Gasteiger partial charge is 0.477 e. The summed E-state index contributed by atoms with van der Waals surface area (Å²) in [7, 11) is 1.65. The lowest BCUT2D eigenvalue weighted by Crippen LogP contribution is -2.70. The third-order valence-electron chi connectivity index (χ3n) is 3.88. The number of hydrogen-bond acceptors (Lipinski definition) is 5. The van der Waals surface area contributed by atoms with Gasteiger partial charge in [-0.25, -0.2) is 4.79 Å². The summed E-state index contributed by atoms with van der Waals surface area (Å²) in [4.78, 5) is 37.2. The molecule has 0 radical (unpaired) electrons. The molecule has 1 saturated heterocycles. The Bertz CT molecular complexity index is 754. The highest BCUT2D eigenvalue weighted by atomic mass is 32.2. The fourth-order valence-electron chi connectivity index (χ4n) is 2.81. The predicted octanol–water partition coefficient (Wildman–Crippen LogP) is 0.101. The van der Waals surface area contributed by atoms with Crippen molar-refractivity contribution >= 4 is 29.5 Å². The predicted molar refractivity (Wildman–Crippen MR) is 82.6 cm³/mol. The summed E-state index contributed by atoms with van der Waals surface area (Å²) in [6.45, 7) is 3.47. The molecular weight excluding hydrogens is 320 g/mol. The Hall–Kier alpha value is -2.29.